The zero-order chi connectivity index (χ0) is 12.5. The Morgan fingerprint density at radius 3 is 3.00 bits per heavy atom. The van der Waals surface area contributed by atoms with Crippen molar-refractivity contribution in [2.24, 2.45) is 5.92 Å². The Kier molecular flexibility index (Phi) is 3.53. The highest BCUT2D eigenvalue weighted by Gasteiger charge is 2.33. The number of hydrogen-bond donors (Lipinski definition) is 0. The fourth-order valence-corrected chi connectivity index (χ4v) is 3.82. The summed E-state index contributed by atoms with van der Waals surface area (Å²) in [6.07, 6.45) is 4.00. The fourth-order valence-electron chi connectivity index (χ4n) is 3.56. The van der Waals surface area contributed by atoms with Crippen molar-refractivity contribution in [1.29, 1.82) is 0 Å². The normalized spacial score (nSPS) is 26.9. The van der Waals surface area contributed by atoms with Crippen molar-refractivity contribution in [3.8, 4) is 0 Å². The standard InChI is InChI=1S/C15H22N2S/c1-2-3-7-16-9-12-8-13(11-16)14-5-4-6-15(18)17(14)10-12/h4-6,12-13H,2-3,7-11H2,1H3/t12-,13+/m0/s1. The summed E-state index contributed by atoms with van der Waals surface area (Å²) in [7, 11) is 0. The molecule has 0 unspecified atom stereocenters. The Morgan fingerprint density at radius 2 is 2.17 bits per heavy atom. The zero-order valence-corrected chi connectivity index (χ0v) is 12.0. The molecule has 2 atom stereocenters. The van der Waals surface area contributed by atoms with E-state index in [1.165, 1.54) is 44.6 Å². The average molecular weight is 262 g/mol. The molecular formula is C15H22N2S. The lowest BCUT2D eigenvalue weighted by atomic mass is 9.83. The average Bonchev–Trinajstić information content (AvgIpc) is 2.38. The van der Waals surface area contributed by atoms with Gasteiger partial charge in [0.05, 0.1) is 0 Å². The maximum Gasteiger partial charge on any atom is 0.106 e. The molecule has 2 nitrogen and oxygen atoms in total. The molecule has 2 bridgehead atoms. The molecule has 2 aliphatic rings. The first kappa shape index (κ1) is 12.4. The van der Waals surface area contributed by atoms with E-state index in [2.05, 4.69) is 34.6 Å². The minimum Gasteiger partial charge on any atom is -0.336 e. The largest absolute Gasteiger partial charge is 0.336 e. The van der Waals surface area contributed by atoms with Crippen molar-refractivity contribution < 1.29 is 0 Å². The van der Waals surface area contributed by atoms with Crippen LogP contribution in [0.25, 0.3) is 0 Å². The molecule has 0 aromatic carbocycles. The third-order valence-corrected chi connectivity index (χ3v) is 4.74. The van der Waals surface area contributed by atoms with Gasteiger partial charge in [-0.1, -0.05) is 31.6 Å². The van der Waals surface area contributed by atoms with Crippen LogP contribution in [0.1, 0.15) is 37.8 Å². The van der Waals surface area contributed by atoms with E-state index in [4.69, 9.17) is 12.2 Å². The van der Waals surface area contributed by atoms with Gasteiger partial charge >= 0.3 is 0 Å². The molecule has 1 fully saturated rings. The SMILES string of the molecule is CCCCN1C[C@@H]2C[C@H](C1)c1cccc(=S)n1C2. The van der Waals surface area contributed by atoms with E-state index in [9.17, 15) is 0 Å². The van der Waals surface area contributed by atoms with Gasteiger partial charge in [-0.3, -0.25) is 0 Å². The smallest absolute Gasteiger partial charge is 0.106 e. The number of likely N-dealkylation sites (tertiary alicyclic amines) is 1. The van der Waals surface area contributed by atoms with Gasteiger partial charge in [-0.05, 0) is 37.4 Å². The highest BCUT2D eigenvalue weighted by molar-refractivity contribution is 7.71. The topological polar surface area (TPSA) is 8.17 Å². The molecule has 0 spiro atoms. The van der Waals surface area contributed by atoms with Crippen molar-refractivity contribution in [2.45, 2.75) is 38.6 Å². The van der Waals surface area contributed by atoms with Gasteiger partial charge in [0.2, 0.25) is 0 Å². The summed E-state index contributed by atoms with van der Waals surface area (Å²) in [6.45, 7) is 7.19. The molecule has 0 radical (unpaired) electrons. The van der Waals surface area contributed by atoms with Gasteiger partial charge in [0.1, 0.15) is 4.64 Å². The Bertz CT molecular complexity index is 480. The molecule has 0 saturated carbocycles. The van der Waals surface area contributed by atoms with Crippen LogP contribution in [0, 0.1) is 10.6 Å². The first-order valence-corrected chi connectivity index (χ1v) is 7.61. The van der Waals surface area contributed by atoms with Crippen molar-refractivity contribution in [3.05, 3.63) is 28.5 Å². The van der Waals surface area contributed by atoms with Crippen LogP contribution in [0.3, 0.4) is 0 Å². The number of piperidine rings is 1. The summed E-state index contributed by atoms with van der Waals surface area (Å²) < 4.78 is 3.40. The number of nitrogens with zero attached hydrogens (tertiary/aromatic N) is 2. The Morgan fingerprint density at radius 1 is 1.28 bits per heavy atom. The number of unbranched alkanes of at least 4 members (excludes halogenated alkanes) is 1. The van der Waals surface area contributed by atoms with Crippen molar-refractivity contribution in [3.63, 3.8) is 0 Å². The Labute approximate surface area is 115 Å². The highest BCUT2D eigenvalue weighted by atomic mass is 32.1. The number of fused-ring (bicyclic) bond motifs is 4. The second kappa shape index (κ2) is 5.14. The van der Waals surface area contributed by atoms with Crippen molar-refractivity contribution in [1.82, 2.24) is 9.47 Å². The molecule has 3 rings (SSSR count). The lowest BCUT2D eigenvalue weighted by Gasteiger charge is -2.43. The maximum absolute atomic E-state index is 5.47. The van der Waals surface area contributed by atoms with Crippen molar-refractivity contribution >= 4 is 12.2 Å². The highest BCUT2D eigenvalue weighted by Crippen LogP contribution is 2.35. The van der Waals surface area contributed by atoms with Gasteiger partial charge in [0, 0.05) is 31.2 Å². The van der Waals surface area contributed by atoms with Gasteiger partial charge in [-0.15, -0.1) is 0 Å². The second-order valence-corrected chi connectivity index (χ2v) is 6.23. The first-order valence-electron chi connectivity index (χ1n) is 7.20. The predicted molar refractivity (Wildman–Crippen MR) is 77.5 cm³/mol. The van der Waals surface area contributed by atoms with E-state index in [0.717, 1.165) is 17.1 Å². The number of pyridine rings is 1. The summed E-state index contributed by atoms with van der Waals surface area (Å²) in [5.74, 6) is 1.51. The molecule has 1 aromatic heterocycles. The maximum atomic E-state index is 5.47. The van der Waals surface area contributed by atoms with E-state index in [-0.39, 0.29) is 0 Å². The monoisotopic (exact) mass is 262 g/mol. The zero-order valence-electron chi connectivity index (χ0n) is 11.1. The third-order valence-electron chi connectivity index (χ3n) is 4.38. The van der Waals surface area contributed by atoms with Gasteiger partial charge in [0.25, 0.3) is 0 Å². The van der Waals surface area contributed by atoms with E-state index >= 15 is 0 Å². The lowest BCUT2D eigenvalue weighted by Crippen LogP contribution is -2.45. The predicted octanol–water partition coefficient (Wildman–Crippen LogP) is 3.44. The van der Waals surface area contributed by atoms with Crippen LogP contribution in [0.4, 0.5) is 0 Å². The van der Waals surface area contributed by atoms with Crippen LogP contribution in [0.5, 0.6) is 0 Å². The number of aromatic nitrogens is 1. The summed E-state index contributed by atoms with van der Waals surface area (Å²) in [4.78, 5) is 2.67. The minimum absolute atomic E-state index is 0.706. The van der Waals surface area contributed by atoms with Gasteiger partial charge < -0.3 is 9.47 Å². The molecule has 3 heterocycles. The van der Waals surface area contributed by atoms with E-state index in [1.54, 1.807) is 0 Å². The van der Waals surface area contributed by atoms with Crippen LogP contribution >= 0.6 is 12.2 Å². The number of hydrogen-bond acceptors (Lipinski definition) is 2. The molecular weight excluding hydrogens is 240 g/mol. The quantitative estimate of drug-likeness (QED) is 0.771. The lowest BCUT2D eigenvalue weighted by molar-refractivity contribution is 0.120. The van der Waals surface area contributed by atoms with E-state index in [1.807, 2.05) is 0 Å². The van der Waals surface area contributed by atoms with E-state index in [0.29, 0.717) is 5.92 Å². The van der Waals surface area contributed by atoms with E-state index < -0.39 is 0 Å². The summed E-state index contributed by atoms with van der Waals surface area (Å²) in [6, 6.07) is 6.47. The van der Waals surface area contributed by atoms with Crippen LogP contribution in [-0.2, 0) is 6.54 Å². The molecule has 98 valence electrons. The first-order chi connectivity index (χ1) is 8.78. The van der Waals surface area contributed by atoms with Crippen LogP contribution in [-0.4, -0.2) is 29.1 Å². The summed E-state index contributed by atoms with van der Waals surface area (Å²) in [5, 5.41) is 0. The molecule has 2 aliphatic heterocycles. The molecule has 1 aromatic rings. The van der Waals surface area contributed by atoms with Crippen molar-refractivity contribution in [2.75, 3.05) is 19.6 Å². The Hall–Kier alpha value is -0.670. The van der Waals surface area contributed by atoms with Crippen LogP contribution < -0.4 is 0 Å². The molecule has 3 heteroatoms. The van der Waals surface area contributed by atoms with Gasteiger partial charge in [-0.2, -0.15) is 0 Å². The number of rotatable bonds is 3. The van der Waals surface area contributed by atoms with Gasteiger partial charge in [0.15, 0.2) is 0 Å². The molecule has 0 amide bonds. The summed E-state index contributed by atoms with van der Waals surface area (Å²) in [5.41, 5.74) is 1.47. The molecule has 0 aliphatic carbocycles. The molecule has 0 N–H and O–H groups in total. The molecule has 1 saturated heterocycles. The second-order valence-electron chi connectivity index (χ2n) is 5.81. The summed E-state index contributed by atoms with van der Waals surface area (Å²) >= 11 is 5.47. The third kappa shape index (κ3) is 2.26. The van der Waals surface area contributed by atoms with Gasteiger partial charge in [-0.25, -0.2) is 0 Å². The minimum atomic E-state index is 0.706. The van der Waals surface area contributed by atoms with Crippen LogP contribution in [0.15, 0.2) is 18.2 Å². The molecule has 18 heavy (non-hydrogen) atoms. The Balaban J connectivity index is 1.83. The van der Waals surface area contributed by atoms with Crippen LogP contribution in [0.2, 0.25) is 0 Å². The fraction of sp³-hybridized carbons (Fsp3) is 0.667.